The van der Waals surface area contributed by atoms with E-state index < -0.39 is 5.60 Å². The number of carbonyl (C=O) groups is 1. The number of terminal acetylenes is 1. The summed E-state index contributed by atoms with van der Waals surface area (Å²) in [4.78, 5) is 11.8. The number of rotatable bonds is 1. The Bertz CT molecular complexity index is 597. The Morgan fingerprint density at radius 1 is 1.22 bits per heavy atom. The van der Waals surface area contributed by atoms with Gasteiger partial charge in [0.15, 0.2) is 5.78 Å². The van der Waals surface area contributed by atoms with Crippen LogP contribution in [0.2, 0.25) is 0 Å². The number of aliphatic hydroxyl groups is 1. The van der Waals surface area contributed by atoms with Gasteiger partial charge in [-0.25, -0.2) is 0 Å². The van der Waals surface area contributed by atoms with E-state index in [4.69, 9.17) is 6.42 Å². The summed E-state index contributed by atoms with van der Waals surface area (Å²) in [6.07, 6.45) is 16.6. The lowest BCUT2D eigenvalue weighted by atomic mass is 9.49. The number of hydrogen-bond acceptors (Lipinski definition) is 2. The van der Waals surface area contributed by atoms with Crippen LogP contribution in [0.5, 0.6) is 0 Å². The summed E-state index contributed by atoms with van der Waals surface area (Å²) >= 11 is 0. The zero-order valence-corrected chi connectivity index (χ0v) is 14.2. The normalized spacial score (nSPS) is 48.7. The molecule has 0 aromatic rings. The van der Waals surface area contributed by atoms with Crippen molar-refractivity contribution in [2.75, 3.05) is 0 Å². The lowest BCUT2D eigenvalue weighted by molar-refractivity contribution is -0.127. The van der Waals surface area contributed by atoms with Crippen molar-refractivity contribution in [3.8, 4) is 12.3 Å². The Morgan fingerprint density at radius 2 is 2.04 bits per heavy atom. The molecule has 0 aromatic heterocycles. The van der Waals surface area contributed by atoms with Crippen molar-refractivity contribution in [1.29, 1.82) is 0 Å². The molecule has 0 aliphatic heterocycles. The maximum atomic E-state index is 11.8. The fourth-order valence-electron chi connectivity index (χ4n) is 6.93. The minimum absolute atomic E-state index is 0.204. The van der Waals surface area contributed by atoms with Crippen LogP contribution < -0.4 is 0 Å². The lowest BCUT2D eigenvalue weighted by Gasteiger charge is -2.57. The zero-order chi connectivity index (χ0) is 16.2. The smallest absolute Gasteiger partial charge is 0.155 e. The molecule has 124 valence electrons. The van der Waals surface area contributed by atoms with E-state index >= 15 is 0 Å². The number of carbonyl (C=O) groups excluding carboxylic acids is 1. The first-order chi connectivity index (χ1) is 11.0. The van der Waals surface area contributed by atoms with Crippen LogP contribution in [-0.4, -0.2) is 16.5 Å². The zero-order valence-electron chi connectivity index (χ0n) is 14.2. The van der Waals surface area contributed by atoms with Gasteiger partial charge in [-0.2, -0.15) is 0 Å². The van der Waals surface area contributed by atoms with Gasteiger partial charge in [0.25, 0.3) is 0 Å². The van der Waals surface area contributed by atoms with Crippen LogP contribution in [0, 0.1) is 41.4 Å². The molecule has 23 heavy (non-hydrogen) atoms. The summed E-state index contributed by atoms with van der Waals surface area (Å²) in [6, 6.07) is 0. The molecule has 0 radical (unpaired) electrons. The van der Waals surface area contributed by atoms with Gasteiger partial charge < -0.3 is 5.11 Å². The van der Waals surface area contributed by atoms with Crippen LogP contribution >= 0.6 is 0 Å². The molecular formula is C21H28O2. The third-order valence-corrected chi connectivity index (χ3v) is 8.02. The lowest BCUT2D eigenvalue weighted by Crippen LogP contribution is -2.55. The SMILES string of the molecule is C#C[C@@H]1CC[C@H]2[C@@H]3CCC4=CC(=O)CC[C@@]4(O)[C@H]3CC[C@]12CC. The summed E-state index contributed by atoms with van der Waals surface area (Å²) in [5.41, 5.74) is 0.647. The van der Waals surface area contributed by atoms with Crippen LogP contribution in [0.4, 0.5) is 0 Å². The van der Waals surface area contributed by atoms with Crippen molar-refractivity contribution in [2.45, 2.75) is 70.3 Å². The maximum Gasteiger partial charge on any atom is 0.155 e. The Morgan fingerprint density at radius 3 is 2.78 bits per heavy atom. The van der Waals surface area contributed by atoms with Gasteiger partial charge in [0.1, 0.15) is 0 Å². The van der Waals surface area contributed by atoms with Crippen molar-refractivity contribution < 1.29 is 9.90 Å². The van der Waals surface area contributed by atoms with E-state index in [1.165, 1.54) is 12.8 Å². The second-order valence-electron chi connectivity index (χ2n) is 8.40. The van der Waals surface area contributed by atoms with Crippen molar-refractivity contribution in [3.63, 3.8) is 0 Å². The summed E-state index contributed by atoms with van der Waals surface area (Å²) in [5, 5.41) is 11.4. The Kier molecular flexibility index (Phi) is 3.50. The van der Waals surface area contributed by atoms with E-state index in [0.29, 0.717) is 41.9 Å². The molecule has 1 N–H and O–H groups in total. The van der Waals surface area contributed by atoms with E-state index in [1.807, 2.05) is 0 Å². The van der Waals surface area contributed by atoms with Gasteiger partial charge in [-0.1, -0.05) is 6.92 Å². The monoisotopic (exact) mass is 312 g/mol. The second kappa shape index (κ2) is 5.21. The molecule has 3 fully saturated rings. The first-order valence-corrected chi connectivity index (χ1v) is 9.47. The van der Waals surface area contributed by atoms with Crippen LogP contribution in [0.25, 0.3) is 0 Å². The van der Waals surface area contributed by atoms with Gasteiger partial charge >= 0.3 is 0 Å². The molecule has 0 spiro atoms. The fourth-order valence-corrected chi connectivity index (χ4v) is 6.93. The molecule has 4 aliphatic rings. The molecule has 2 heteroatoms. The summed E-state index contributed by atoms with van der Waals surface area (Å²) in [6.45, 7) is 2.31. The van der Waals surface area contributed by atoms with E-state index in [0.717, 1.165) is 37.7 Å². The summed E-state index contributed by atoms with van der Waals surface area (Å²) in [7, 11) is 0. The quantitative estimate of drug-likeness (QED) is 0.746. The maximum absolute atomic E-state index is 11.8. The van der Waals surface area contributed by atoms with E-state index in [2.05, 4.69) is 12.8 Å². The van der Waals surface area contributed by atoms with Crippen LogP contribution in [0.1, 0.15) is 64.7 Å². The molecule has 0 bridgehead atoms. The predicted octanol–water partition coefficient (Wildman–Crippen LogP) is 3.88. The van der Waals surface area contributed by atoms with Crippen molar-refractivity contribution >= 4 is 5.78 Å². The molecule has 4 aliphatic carbocycles. The predicted molar refractivity (Wildman–Crippen MR) is 90.5 cm³/mol. The summed E-state index contributed by atoms with van der Waals surface area (Å²) < 4.78 is 0. The Hall–Kier alpha value is -1.07. The molecule has 0 heterocycles. The largest absolute Gasteiger partial charge is 0.385 e. The molecule has 2 nitrogen and oxygen atoms in total. The third-order valence-electron chi connectivity index (χ3n) is 8.02. The van der Waals surface area contributed by atoms with E-state index in [-0.39, 0.29) is 5.78 Å². The number of hydrogen-bond donors (Lipinski definition) is 1. The number of ketones is 1. The minimum atomic E-state index is -0.703. The molecule has 0 aromatic carbocycles. The molecule has 0 unspecified atom stereocenters. The van der Waals surface area contributed by atoms with E-state index in [1.54, 1.807) is 6.08 Å². The minimum Gasteiger partial charge on any atom is -0.385 e. The molecule has 6 atom stereocenters. The molecule has 0 amide bonds. The first-order valence-electron chi connectivity index (χ1n) is 9.47. The Balaban J connectivity index is 1.69. The van der Waals surface area contributed by atoms with Gasteiger partial charge in [-0.15, -0.1) is 12.3 Å². The molecule has 3 saturated carbocycles. The molecular weight excluding hydrogens is 284 g/mol. The average molecular weight is 312 g/mol. The molecule has 4 rings (SSSR count). The average Bonchev–Trinajstić information content (AvgIpc) is 2.94. The topological polar surface area (TPSA) is 37.3 Å². The third kappa shape index (κ3) is 1.96. The highest BCUT2D eigenvalue weighted by atomic mass is 16.3. The van der Waals surface area contributed by atoms with Crippen LogP contribution in [0.15, 0.2) is 11.6 Å². The summed E-state index contributed by atoms with van der Waals surface area (Å²) in [5.74, 6) is 5.35. The van der Waals surface area contributed by atoms with Gasteiger partial charge in [0, 0.05) is 12.3 Å². The van der Waals surface area contributed by atoms with Crippen molar-refractivity contribution in [1.82, 2.24) is 0 Å². The van der Waals surface area contributed by atoms with Crippen molar-refractivity contribution in [2.24, 2.45) is 29.1 Å². The second-order valence-corrected chi connectivity index (χ2v) is 8.40. The molecule has 0 saturated heterocycles. The van der Waals surface area contributed by atoms with E-state index in [9.17, 15) is 9.90 Å². The van der Waals surface area contributed by atoms with Gasteiger partial charge in [-0.05, 0) is 86.2 Å². The Labute approximate surface area is 139 Å². The first kappa shape index (κ1) is 15.5. The highest BCUT2D eigenvalue weighted by Crippen LogP contribution is 2.65. The highest BCUT2D eigenvalue weighted by molar-refractivity contribution is 5.92. The van der Waals surface area contributed by atoms with Gasteiger partial charge in [-0.3, -0.25) is 4.79 Å². The highest BCUT2D eigenvalue weighted by Gasteiger charge is 2.60. The van der Waals surface area contributed by atoms with Crippen LogP contribution in [0.3, 0.4) is 0 Å². The van der Waals surface area contributed by atoms with Crippen molar-refractivity contribution in [3.05, 3.63) is 11.6 Å². The van der Waals surface area contributed by atoms with Crippen LogP contribution in [-0.2, 0) is 4.79 Å². The standard InChI is InChI=1S/C21H28O2/c1-3-14-6-8-18-17-7-5-15-13-16(22)9-12-21(15,23)19(17)10-11-20(14,18)4-2/h1,13-14,17-19,23H,4-12H2,2H3/t14-,17+,18+,19+,20-,21+/m1/s1. The van der Waals surface area contributed by atoms with Gasteiger partial charge in [0.2, 0.25) is 0 Å². The van der Waals surface area contributed by atoms with Gasteiger partial charge in [0.05, 0.1) is 5.60 Å². The fraction of sp³-hybridized carbons (Fsp3) is 0.762. The number of fused-ring (bicyclic) bond motifs is 5.